The average Bonchev–Trinajstić information content (AvgIpc) is 2.34. The summed E-state index contributed by atoms with van der Waals surface area (Å²) < 4.78 is 4.39. The minimum atomic E-state index is -0.968. The Morgan fingerprint density at radius 3 is 2.84 bits per heavy atom. The molecule has 0 spiro atoms. The van der Waals surface area contributed by atoms with Crippen molar-refractivity contribution in [2.45, 2.75) is 0 Å². The van der Waals surface area contributed by atoms with E-state index in [-0.39, 0.29) is 29.6 Å². The summed E-state index contributed by atoms with van der Waals surface area (Å²) in [6, 6.07) is 1.000. The molecule has 10 heteroatoms. The fourth-order valence-corrected chi connectivity index (χ4v) is 1.30. The van der Waals surface area contributed by atoms with E-state index >= 15 is 0 Å². The van der Waals surface area contributed by atoms with E-state index in [4.69, 9.17) is 17.3 Å². The largest absolute Gasteiger partial charge is 0.448 e. The summed E-state index contributed by atoms with van der Waals surface area (Å²) >= 11 is 5.66. The highest BCUT2D eigenvalue weighted by Gasteiger charge is 2.16. The number of carbonyl (C=O) groups is 2. The number of nitrogens with one attached hydrogen (secondary N) is 1. The molecule has 0 aromatic carbocycles. The fourth-order valence-electron chi connectivity index (χ4n) is 1.11. The molecule has 0 atom stereocenters. The molecule has 0 aliphatic rings. The van der Waals surface area contributed by atoms with Crippen LogP contribution in [0.3, 0.4) is 0 Å². The van der Waals surface area contributed by atoms with Crippen molar-refractivity contribution in [1.82, 2.24) is 10.3 Å². The number of nitrogens with two attached hydrogens (primary N) is 1. The molecule has 0 aliphatic heterocycles. The van der Waals surface area contributed by atoms with Crippen molar-refractivity contribution in [3.8, 4) is 0 Å². The summed E-state index contributed by atoms with van der Waals surface area (Å²) in [5.74, 6) is -0.672. The first-order valence-corrected chi connectivity index (χ1v) is 5.30. The standard InChI is InChI=1S/C9H9ClN4O5/c10-7-6(3-5(4-13-7)14(17)18)8(15)12-1-2-19-9(11)16/h3-4H,1-2H2,(H2,11,16)(H,12,15). The molecule has 1 heterocycles. The lowest BCUT2D eigenvalue weighted by molar-refractivity contribution is -0.385. The van der Waals surface area contributed by atoms with Gasteiger partial charge in [0.15, 0.2) is 0 Å². The Morgan fingerprint density at radius 1 is 1.58 bits per heavy atom. The van der Waals surface area contributed by atoms with Gasteiger partial charge in [-0.15, -0.1) is 0 Å². The molecular formula is C9H9ClN4O5. The molecule has 19 heavy (non-hydrogen) atoms. The van der Waals surface area contributed by atoms with Gasteiger partial charge in [-0.25, -0.2) is 9.78 Å². The first-order valence-electron chi connectivity index (χ1n) is 4.92. The quantitative estimate of drug-likeness (QED) is 0.349. The number of hydrogen-bond donors (Lipinski definition) is 2. The number of aromatic nitrogens is 1. The summed E-state index contributed by atoms with van der Waals surface area (Å²) in [6.07, 6.45) is -0.0284. The normalized spacial score (nSPS) is 9.74. The van der Waals surface area contributed by atoms with Gasteiger partial charge in [0.25, 0.3) is 11.6 Å². The lowest BCUT2D eigenvalue weighted by atomic mass is 10.2. The van der Waals surface area contributed by atoms with Gasteiger partial charge in [-0.05, 0) is 0 Å². The van der Waals surface area contributed by atoms with Gasteiger partial charge in [-0.1, -0.05) is 11.6 Å². The number of halogens is 1. The van der Waals surface area contributed by atoms with Crippen LogP contribution < -0.4 is 11.1 Å². The van der Waals surface area contributed by atoms with E-state index in [1.807, 2.05) is 0 Å². The van der Waals surface area contributed by atoms with Crippen molar-refractivity contribution in [3.05, 3.63) is 33.1 Å². The molecule has 1 aromatic rings. The maximum atomic E-state index is 11.7. The second kappa shape index (κ2) is 6.50. The third kappa shape index (κ3) is 4.39. The second-order valence-electron chi connectivity index (χ2n) is 3.21. The van der Waals surface area contributed by atoms with Gasteiger partial charge in [0.1, 0.15) is 18.0 Å². The van der Waals surface area contributed by atoms with E-state index in [2.05, 4.69) is 15.0 Å². The molecular weight excluding hydrogens is 280 g/mol. The monoisotopic (exact) mass is 288 g/mol. The van der Waals surface area contributed by atoms with Gasteiger partial charge in [0.2, 0.25) is 0 Å². The molecule has 0 saturated heterocycles. The van der Waals surface area contributed by atoms with Crippen LogP contribution in [0.2, 0.25) is 5.15 Å². The number of nitrogens with zero attached hydrogens (tertiary/aromatic N) is 2. The van der Waals surface area contributed by atoms with Gasteiger partial charge < -0.3 is 15.8 Å². The van der Waals surface area contributed by atoms with E-state index in [9.17, 15) is 19.7 Å². The SMILES string of the molecule is NC(=O)OCCNC(=O)c1cc([N+](=O)[O-])cnc1Cl. The molecule has 2 amide bonds. The Labute approximate surface area is 111 Å². The molecule has 9 nitrogen and oxygen atoms in total. The third-order valence-corrected chi connectivity index (χ3v) is 2.21. The van der Waals surface area contributed by atoms with E-state index in [1.165, 1.54) is 0 Å². The van der Waals surface area contributed by atoms with Crippen LogP contribution in [0, 0.1) is 10.1 Å². The summed E-state index contributed by atoms with van der Waals surface area (Å²) in [4.78, 5) is 35.3. The van der Waals surface area contributed by atoms with Crippen molar-refractivity contribution in [2.24, 2.45) is 5.73 Å². The summed E-state index contributed by atoms with van der Waals surface area (Å²) in [5, 5.41) is 12.7. The number of primary amides is 1. The molecule has 0 radical (unpaired) electrons. The Bertz CT molecular complexity index is 521. The highest BCUT2D eigenvalue weighted by Crippen LogP contribution is 2.18. The van der Waals surface area contributed by atoms with E-state index in [0.717, 1.165) is 12.3 Å². The predicted molar refractivity (Wildman–Crippen MR) is 63.8 cm³/mol. The second-order valence-corrected chi connectivity index (χ2v) is 3.57. The minimum absolute atomic E-state index is 0.0131. The zero-order valence-electron chi connectivity index (χ0n) is 9.46. The number of amides is 2. The van der Waals surface area contributed by atoms with E-state index in [1.54, 1.807) is 0 Å². The molecule has 102 valence electrons. The number of nitro groups is 1. The Hall–Kier alpha value is -2.42. The van der Waals surface area contributed by atoms with E-state index in [0.29, 0.717) is 0 Å². The number of hydrogen-bond acceptors (Lipinski definition) is 6. The van der Waals surface area contributed by atoms with Gasteiger partial charge in [0.05, 0.1) is 17.0 Å². The molecule has 0 fully saturated rings. The van der Waals surface area contributed by atoms with Crippen molar-refractivity contribution >= 4 is 29.3 Å². The molecule has 1 rings (SSSR count). The van der Waals surface area contributed by atoms with E-state index < -0.39 is 16.9 Å². The van der Waals surface area contributed by atoms with Gasteiger partial charge in [0, 0.05) is 6.07 Å². The minimum Gasteiger partial charge on any atom is -0.448 e. The zero-order valence-corrected chi connectivity index (χ0v) is 10.2. The summed E-state index contributed by atoms with van der Waals surface area (Å²) in [5.41, 5.74) is 4.22. The van der Waals surface area contributed by atoms with Crippen LogP contribution in [0.1, 0.15) is 10.4 Å². The number of rotatable bonds is 5. The molecule has 0 saturated carbocycles. The Morgan fingerprint density at radius 2 is 2.26 bits per heavy atom. The van der Waals surface area contributed by atoms with Crippen molar-refractivity contribution < 1.29 is 19.2 Å². The molecule has 0 unspecified atom stereocenters. The molecule has 1 aromatic heterocycles. The Kier molecular flexibility index (Phi) is 5.01. The zero-order chi connectivity index (χ0) is 14.4. The van der Waals surface area contributed by atoms with Gasteiger partial charge in [-0.2, -0.15) is 0 Å². The lowest BCUT2D eigenvalue weighted by Crippen LogP contribution is -2.29. The van der Waals surface area contributed by atoms with Crippen LogP contribution in [0.5, 0.6) is 0 Å². The Balaban J connectivity index is 2.68. The molecule has 0 aliphatic carbocycles. The summed E-state index contributed by atoms with van der Waals surface area (Å²) in [6.45, 7) is -0.137. The van der Waals surface area contributed by atoms with Crippen molar-refractivity contribution in [1.29, 1.82) is 0 Å². The van der Waals surface area contributed by atoms with Crippen LogP contribution >= 0.6 is 11.6 Å². The van der Waals surface area contributed by atoms with Gasteiger partial charge >= 0.3 is 6.09 Å². The third-order valence-electron chi connectivity index (χ3n) is 1.91. The van der Waals surface area contributed by atoms with Crippen LogP contribution in [0.4, 0.5) is 10.5 Å². The highest BCUT2D eigenvalue weighted by atomic mass is 35.5. The summed E-state index contributed by atoms with van der Waals surface area (Å²) in [7, 11) is 0. The van der Waals surface area contributed by atoms with Crippen LogP contribution in [-0.4, -0.2) is 35.1 Å². The van der Waals surface area contributed by atoms with Crippen LogP contribution in [0.15, 0.2) is 12.3 Å². The number of ether oxygens (including phenoxy) is 1. The lowest BCUT2D eigenvalue weighted by Gasteiger charge is -2.06. The number of pyridine rings is 1. The number of carbonyl (C=O) groups excluding carboxylic acids is 2. The van der Waals surface area contributed by atoms with Crippen molar-refractivity contribution in [2.75, 3.05) is 13.2 Å². The van der Waals surface area contributed by atoms with Crippen molar-refractivity contribution in [3.63, 3.8) is 0 Å². The van der Waals surface area contributed by atoms with Crippen LogP contribution in [0.25, 0.3) is 0 Å². The van der Waals surface area contributed by atoms with Crippen LogP contribution in [-0.2, 0) is 4.74 Å². The fraction of sp³-hybridized carbons (Fsp3) is 0.222. The average molecular weight is 289 g/mol. The van der Waals surface area contributed by atoms with Gasteiger partial charge in [-0.3, -0.25) is 14.9 Å². The smallest absolute Gasteiger partial charge is 0.404 e. The topological polar surface area (TPSA) is 137 Å². The molecule has 0 bridgehead atoms. The molecule has 3 N–H and O–H groups in total. The maximum Gasteiger partial charge on any atom is 0.404 e. The predicted octanol–water partition coefficient (Wildman–Crippen LogP) is 0.468. The first-order chi connectivity index (χ1) is 8.91. The highest BCUT2D eigenvalue weighted by molar-refractivity contribution is 6.32. The maximum absolute atomic E-state index is 11.7. The first kappa shape index (κ1) is 14.6.